The van der Waals surface area contributed by atoms with Gasteiger partial charge in [-0.3, -0.25) is 19.2 Å². The first-order chi connectivity index (χ1) is 18.3. The molecule has 0 aromatic rings. The summed E-state index contributed by atoms with van der Waals surface area (Å²) in [4.78, 5) is 52.5. The molecule has 6 atom stereocenters. The second-order valence-corrected chi connectivity index (χ2v) is 11.7. The fourth-order valence-electron chi connectivity index (χ4n) is 7.99. The summed E-state index contributed by atoms with van der Waals surface area (Å²) in [7, 11) is 0. The first kappa shape index (κ1) is 22.5. The molecule has 0 bridgehead atoms. The third-order valence-corrected chi connectivity index (χ3v) is 9.81. The molecule has 8 rings (SSSR count). The molecule has 2 fully saturated rings. The second-order valence-electron chi connectivity index (χ2n) is 11.7. The maximum atomic E-state index is 13.6. The third-order valence-electron chi connectivity index (χ3n) is 9.81. The molecule has 0 aromatic heterocycles. The first-order valence-electron chi connectivity index (χ1n) is 13.4. The maximum Gasteiger partial charge on any atom is 0.185 e. The van der Waals surface area contributed by atoms with Gasteiger partial charge in [0.25, 0.3) is 0 Å². The van der Waals surface area contributed by atoms with E-state index >= 15 is 0 Å². The molecular weight excluding hydrogens is 478 g/mol. The van der Waals surface area contributed by atoms with Crippen LogP contribution in [0.3, 0.4) is 0 Å². The normalized spacial score (nSPS) is 39.1. The SMILES string of the molecule is NC(CC(=O)C1C=C2C(=O)C=CC=C2C23C=C2CNC13)CC(=O)C1C=C2C(=O)C=CC=C2C23C=C2CNC13. The fraction of sp³-hybridized carbons (Fsp3) is 0.355. The Bertz CT molecular complexity index is 1430. The van der Waals surface area contributed by atoms with Crippen molar-refractivity contribution in [1.82, 2.24) is 10.6 Å². The lowest BCUT2D eigenvalue weighted by Gasteiger charge is -2.38. The third kappa shape index (κ3) is 2.74. The van der Waals surface area contributed by atoms with Gasteiger partial charge in [0.15, 0.2) is 11.6 Å². The number of Topliss-reactive ketones (excluding diaryl/α,β-unsaturated/α-hetero) is 2. The van der Waals surface area contributed by atoms with Crippen molar-refractivity contribution in [2.24, 2.45) is 28.4 Å². The Balaban J connectivity index is 1.02. The molecule has 8 aliphatic rings. The van der Waals surface area contributed by atoms with Gasteiger partial charge >= 0.3 is 0 Å². The van der Waals surface area contributed by atoms with Gasteiger partial charge in [0.1, 0.15) is 11.6 Å². The number of nitrogens with one attached hydrogen (secondary N) is 2. The number of nitrogens with two attached hydrogens (primary N) is 1. The van der Waals surface area contributed by atoms with Crippen LogP contribution in [0.4, 0.5) is 0 Å². The lowest BCUT2D eigenvalue weighted by Crippen LogP contribution is -2.48. The largest absolute Gasteiger partial charge is 0.327 e. The summed E-state index contributed by atoms with van der Waals surface area (Å²) < 4.78 is 0. The highest BCUT2D eigenvalue weighted by Crippen LogP contribution is 2.63. The topological polar surface area (TPSA) is 118 Å². The maximum absolute atomic E-state index is 13.6. The van der Waals surface area contributed by atoms with Crippen LogP contribution in [0, 0.1) is 22.7 Å². The smallest absolute Gasteiger partial charge is 0.185 e. The number of allylic oxidation sites excluding steroid dienone is 8. The van der Waals surface area contributed by atoms with E-state index in [9.17, 15) is 19.2 Å². The minimum absolute atomic E-state index is 0.0513. The number of rotatable bonds is 6. The van der Waals surface area contributed by atoms with Gasteiger partial charge in [0, 0.05) is 55.2 Å². The molecule has 0 amide bonds. The van der Waals surface area contributed by atoms with Gasteiger partial charge < -0.3 is 16.4 Å². The molecule has 2 saturated heterocycles. The van der Waals surface area contributed by atoms with Gasteiger partial charge in [-0.15, -0.1) is 0 Å². The fourth-order valence-corrected chi connectivity index (χ4v) is 7.99. The predicted octanol–water partition coefficient (Wildman–Crippen LogP) is 1.27. The van der Waals surface area contributed by atoms with Crippen LogP contribution in [-0.4, -0.2) is 54.3 Å². The van der Waals surface area contributed by atoms with Gasteiger partial charge in [-0.1, -0.05) is 48.6 Å². The van der Waals surface area contributed by atoms with E-state index in [2.05, 4.69) is 22.8 Å². The number of ketones is 4. The predicted molar refractivity (Wildman–Crippen MR) is 139 cm³/mol. The Kier molecular flexibility index (Phi) is 4.32. The summed E-state index contributed by atoms with van der Waals surface area (Å²) in [6.45, 7) is 1.42. The van der Waals surface area contributed by atoms with E-state index in [4.69, 9.17) is 5.73 Å². The van der Waals surface area contributed by atoms with Crippen LogP contribution in [0.2, 0.25) is 0 Å². The molecule has 2 heterocycles. The number of hydrogen-bond acceptors (Lipinski definition) is 7. The van der Waals surface area contributed by atoms with Crippen LogP contribution in [-0.2, 0) is 19.2 Å². The summed E-state index contributed by atoms with van der Waals surface area (Å²) in [5, 5.41) is 6.95. The van der Waals surface area contributed by atoms with Crippen molar-refractivity contribution in [1.29, 1.82) is 0 Å². The average Bonchev–Trinajstić information content (AvgIpc) is 3.72. The molecule has 0 saturated carbocycles. The monoisotopic (exact) mass is 505 g/mol. The molecule has 2 spiro atoms. The van der Waals surface area contributed by atoms with Crippen molar-refractivity contribution >= 4 is 23.1 Å². The number of carbonyl (C=O) groups is 4. The second kappa shape index (κ2) is 7.32. The van der Waals surface area contributed by atoms with E-state index in [1.54, 1.807) is 36.5 Å². The Labute approximate surface area is 219 Å². The molecule has 2 aliphatic heterocycles. The van der Waals surface area contributed by atoms with Gasteiger partial charge in [-0.2, -0.15) is 0 Å². The Hall–Kier alpha value is -3.52. The van der Waals surface area contributed by atoms with Gasteiger partial charge in [-0.05, 0) is 34.4 Å². The lowest BCUT2D eigenvalue weighted by atomic mass is 9.66. The summed E-state index contributed by atoms with van der Waals surface area (Å²) in [6.07, 6.45) is 18.7. The van der Waals surface area contributed by atoms with E-state index < -0.39 is 17.9 Å². The van der Waals surface area contributed by atoms with Crippen molar-refractivity contribution < 1.29 is 19.2 Å². The summed E-state index contributed by atoms with van der Waals surface area (Å²) in [6, 6.07) is -0.886. The minimum Gasteiger partial charge on any atom is -0.327 e. The number of carbonyl (C=O) groups excluding carboxylic acids is 4. The molecule has 4 N–H and O–H groups in total. The first-order valence-corrected chi connectivity index (χ1v) is 13.4. The van der Waals surface area contributed by atoms with E-state index in [0.29, 0.717) is 24.2 Å². The van der Waals surface area contributed by atoms with Crippen molar-refractivity contribution in [2.45, 2.75) is 31.0 Å². The summed E-state index contributed by atoms with van der Waals surface area (Å²) in [5.74, 6) is -1.22. The quantitative estimate of drug-likeness (QED) is 0.466. The van der Waals surface area contributed by atoms with Crippen LogP contribution in [0.5, 0.6) is 0 Å². The molecule has 7 heteroatoms. The molecule has 6 unspecified atom stereocenters. The van der Waals surface area contributed by atoms with Crippen LogP contribution < -0.4 is 16.4 Å². The highest BCUT2D eigenvalue weighted by Gasteiger charge is 2.64. The molecular formula is C31H27N3O4. The highest BCUT2D eigenvalue weighted by atomic mass is 16.1. The van der Waals surface area contributed by atoms with E-state index in [0.717, 1.165) is 11.1 Å². The van der Waals surface area contributed by atoms with Crippen LogP contribution >= 0.6 is 0 Å². The van der Waals surface area contributed by atoms with Crippen molar-refractivity contribution in [3.05, 3.63) is 94.2 Å². The van der Waals surface area contributed by atoms with E-state index in [-0.39, 0.29) is 58.9 Å². The summed E-state index contributed by atoms with van der Waals surface area (Å²) in [5.41, 5.74) is 11.4. The Morgan fingerprint density at radius 1 is 0.816 bits per heavy atom. The van der Waals surface area contributed by atoms with Crippen molar-refractivity contribution in [3.8, 4) is 0 Å². The molecule has 190 valence electrons. The standard InChI is InChI=1S/C31H27N3O4/c32-17(7-26(37)20-9-18-22(3-1-5-24(18)35)30-11-15(30)13-33-28(20)30)8-27(38)21-10-19-23(4-2-6-25(19)36)31-12-16(31)14-34-29(21)31/h1-6,9-12,17,20-21,28-29,33-34H,7-8,13-14,32H2. The Morgan fingerprint density at radius 2 is 1.26 bits per heavy atom. The van der Waals surface area contributed by atoms with Crippen LogP contribution in [0.15, 0.2) is 94.2 Å². The van der Waals surface area contributed by atoms with Crippen molar-refractivity contribution in [2.75, 3.05) is 13.1 Å². The molecule has 0 radical (unpaired) electrons. The van der Waals surface area contributed by atoms with Crippen LogP contribution in [0.1, 0.15) is 12.8 Å². The zero-order chi connectivity index (χ0) is 26.0. The lowest BCUT2D eigenvalue weighted by molar-refractivity contribution is -0.124. The molecule has 0 aromatic carbocycles. The minimum atomic E-state index is -0.641. The van der Waals surface area contributed by atoms with Gasteiger partial charge in [0.2, 0.25) is 0 Å². The zero-order valence-corrected chi connectivity index (χ0v) is 20.7. The van der Waals surface area contributed by atoms with E-state index in [1.165, 1.54) is 11.1 Å². The van der Waals surface area contributed by atoms with Gasteiger partial charge in [0.05, 0.1) is 22.7 Å². The molecule has 6 aliphatic carbocycles. The van der Waals surface area contributed by atoms with Crippen molar-refractivity contribution in [3.63, 3.8) is 0 Å². The van der Waals surface area contributed by atoms with Crippen LogP contribution in [0.25, 0.3) is 0 Å². The summed E-state index contributed by atoms with van der Waals surface area (Å²) >= 11 is 0. The molecule has 38 heavy (non-hydrogen) atoms. The van der Waals surface area contributed by atoms with Gasteiger partial charge in [-0.25, -0.2) is 0 Å². The number of hydrogen-bond donors (Lipinski definition) is 3. The molecule has 7 nitrogen and oxygen atoms in total. The average molecular weight is 506 g/mol. The number of fused-ring (bicyclic) bond motifs is 2. The van der Waals surface area contributed by atoms with E-state index in [1.807, 2.05) is 12.2 Å². The Morgan fingerprint density at radius 3 is 1.68 bits per heavy atom. The highest BCUT2D eigenvalue weighted by molar-refractivity contribution is 6.12. The zero-order valence-electron chi connectivity index (χ0n) is 20.7.